The van der Waals surface area contributed by atoms with Crippen LogP contribution in [0.2, 0.25) is 0 Å². The normalized spacial score (nSPS) is 10.2. The van der Waals surface area contributed by atoms with Crippen molar-refractivity contribution in [1.29, 1.82) is 5.26 Å². The molecule has 0 bridgehead atoms. The van der Waals surface area contributed by atoms with Crippen LogP contribution in [0.3, 0.4) is 0 Å². The molecule has 0 amide bonds. The van der Waals surface area contributed by atoms with Gasteiger partial charge < -0.3 is 4.42 Å². The van der Waals surface area contributed by atoms with E-state index in [1.807, 2.05) is 36.4 Å². The zero-order valence-electron chi connectivity index (χ0n) is 9.32. The zero-order valence-corrected chi connectivity index (χ0v) is 9.32. The van der Waals surface area contributed by atoms with E-state index in [1.165, 1.54) is 0 Å². The van der Waals surface area contributed by atoms with Crippen LogP contribution in [-0.2, 0) is 0 Å². The van der Waals surface area contributed by atoms with E-state index in [-0.39, 0.29) is 5.69 Å². The van der Waals surface area contributed by atoms with Crippen LogP contribution in [0.4, 0.5) is 0 Å². The summed E-state index contributed by atoms with van der Waals surface area (Å²) in [5.41, 5.74) is 1.64. The molecule has 3 rings (SSSR count). The first-order valence-electron chi connectivity index (χ1n) is 5.35. The molecule has 0 aliphatic rings. The molecule has 5 nitrogen and oxygen atoms in total. The molecule has 86 valence electrons. The van der Waals surface area contributed by atoms with Crippen LogP contribution >= 0.6 is 0 Å². The number of nitrogens with zero attached hydrogens (tertiary/aromatic N) is 4. The number of furan rings is 1. The lowest BCUT2D eigenvalue weighted by Gasteiger charge is -2.03. The lowest BCUT2D eigenvalue weighted by atomic mass is 10.2. The van der Waals surface area contributed by atoms with Gasteiger partial charge in [-0.15, -0.1) is 5.10 Å². The highest BCUT2D eigenvalue weighted by Gasteiger charge is 2.17. The van der Waals surface area contributed by atoms with Gasteiger partial charge in [0.25, 0.3) is 0 Å². The van der Waals surface area contributed by atoms with Crippen molar-refractivity contribution in [1.82, 2.24) is 15.0 Å². The molecule has 0 radical (unpaired) electrons. The molecule has 0 unspecified atom stereocenters. The van der Waals surface area contributed by atoms with Crippen LogP contribution in [0.1, 0.15) is 5.69 Å². The average molecular weight is 236 g/mol. The summed E-state index contributed by atoms with van der Waals surface area (Å²) in [7, 11) is 0. The summed E-state index contributed by atoms with van der Waals surface area (Å²) in [6.07, 6.45) is 1.55. The molecule has 2 heterocycles. The number of hydrogen-bond donors (Lipinski definition) is 0. The van der Waals surface area contributed by atoms with Gasteiger partial charge in [-0.1, -0.05) is 23.4 Å². The fraction of sp³-hybridized carbons (Fsp3) is 0. The van der Waals surface area contributed by atoms with E-state index in [9.17, 15) is 0 Å². The SMILES string of the molecule is N#Cc1nnn(-c2ccccc2)c1-c1ccco1. The first-order chi connectivity index (χ1) is 8.90. The Kier molecular flexibility index (Phi) is 2.39. The van der Waals surface area contributed by atoms with Gasteiger partial charge in [0.1, 0.15) is 11.8 Å². The molecule has 0 saturated heterocycles. The molecule has 2 aromatic heterocycles. The van der Waals surface area contributed by atoms with E-state index in [2.05, 4.69) is 10.3 Å². The summed E-state index contributed by atoms with van der Waals surface area (Å²) in [6, 6.07) is 15.1. The number of nitriles is 1. The van der Waals surface area contributed by atoms with E-state index in [0.717, 1.165) is 5.69 Å². The minimum absolute atomic E-state index is 0.244. The van der Waals surface area contributed by atoms with Gasteiger partial charge >= 0.3 is 0 Å². The van der Waals surface area contributed by atoms with Gasteiger partial charge in [0.2, 0.25) is 0 Å². The predicted octanol–water partition coefficient (Wildman–Crippen LogP) is 2.40. The maximum atomic E-state index is 9.07. The largest absolute Gasteiger partial charge is 0.463 e. The Balaban J connectivity index is 2.24. The molecule has 1 aromatic carbocycles. The summed E-state index contributed by atoms with van der Waals surface area (Å²) in [6.45, 7) is 0. The lowest BCUT2D eigenvalue weighted by Crippen LogP contribution is -1.98. The van der Waals surface area contributed by atoms with Crippen LogP contribution in [-0.4, -0.2) is 15.0 Å². The maximum Gasteiger partial charge on any atom is 0.194 e. The third-order valence-corrected chi connectivity index (χ3v) is 2.53. The fourth-order valence-corrected chi connectivity index (χ4v) is 1.74. The zero-order chi connectivity index (χ0) is 12.4. The monoisotopic (exact) mass is 236 g/mol. The van der Waals surface area contributed by atoms with Gasteiger partial charge in [-0.2, -0.15) is 5.26 Å². The van der Waals surface area contributed by atoms with E-state index in [0.29, 0.717) is 11.5 Å². The Hall–Kier alpha value is -2.87. The third-order valence-electron chi connectivity index (χ3n) is 2.53. The minimum atomic E-state index is 0.244. The Morgan fingerprint density at radius 1 is 1.11 bits per heavy atom. The summed E-state index contributed by atoms with van der Waals surface area (Å²) < 4.78 is 6.93. The molecule has 0 spiro atoms. The molecular formula is C13H8N4O. The van der Waals surface area contributed by atoms with Crippen LogP contribution in [0.5, 0.6) is 0 Å². The van der Waals surface area contributed by atoms with Crippen LogP contribution < -0.4 is 0 Å². The Bertz CT molecular complexity index is 692. The predicted molar refractivity (Wildman–Crippen MR) is 63.8 cm³/mol. The first kappa shape index (κ1) is 10.3. The fourth-order valence-electron chi connectivity index (χ4n) is 1.74. The standard InChI is InChI=1S/C13H8N4O/c14-9-11-13(12-7-4-8-18-12)17(16-15-11)10-5-2-1-3-6-10/h1-8H. The van der Waals surface area contributed by atoms with Gasteiger partial charge in [-0.3, -0.25) is 0 Å². The molecule has 0 saturated carbocycles. The number of aromatic nitrogens is 3. The van der Waals surface area contributed by atoms with Crippen molar-refractivity contribution in [2.75, 3.05) is 0 Å². The highest BCUT2D eigenvalue weighted by atomic mass is 16.3. The molecule has 0 aliphatic carbocycles. The van der Waals surface area contributed by atoms with E-state index in [4.69, 9.17) is 9.68 Å². The number of hydrogen-bond acceptors (Lipinski definition) is 4. The van der Waals surface area contributed by atoms with E-state index in [1.54, 1.807) is 23.1 Å². The van der Waals surface area contributed by atoms with Crippen LogP contribution in [0.15, 0.2) is 53.1 Å². The van der Waals surface area contributed by atoms with E-state index < -0.39 is 0 Å². The summed E-state index contributed by atoms with van der Waals surface area (Å²) in [5, 5.41) is 16.9. The number of benzene rings is 1. The van der Waals surface area contributed by atoms with Crippen LogP contribution in [0, 0.1) is 11.3 Å². The molecule has 5 heteroatoms. The summed E-state index contributed by atoms with van der Waals surface area (Å²) in [5.74, 6) is 0.570. The number of para-hydroxylation sites is 1. The van der Waals surface area contributed by atoms with Gasteiger partial charge in [0, 0.05) is 0 Å². The van der Waals surface area contributed by atoms with Crippen LogP contribution in [0.25, 0.3) is 17.1 Å². The highest BCUT2D eigenvalue weighted by Crippen LogP contribution is 2.24. The van der Waals surface area contributed by atoms with Crippen molar-refractivity contribution >= 4 is 0 Å². The van der Waals surface area contributed by atoms with Gasteiger partial charge in [-0.25, -0.2) is 4.68 Å². The Morgan fingerprint density at radius 3 is 2.61 bits per heavy atom. The molecule has 0 aliphatic heterocycles. The molecule has 3 aromatic rings. The van der Waals surface area contributed by atoms with Crippen molar-refractivity contribution in [2.45, 2.75) is 0 Å². The Morgan fingerprint density at radius 2 is 1.94 bits per heavy atom. The highest BCUT2D eigenvalue weighted by molar-refractivity contribution is 5.61. The minimum Gasteiger partial charge on any atom is -0.463 e. The van der Waals surface area contributed by atoms with Crippen molar-refractivity contribution in [3.05, 3.63) is 54.4 Å². The van der Waals surface area contributed by atoms with Crippen molar-refractivity contribution in [3.8, 4) is 23.2 Å². The second-order valence-electron chi connectivity index (χ2n) is 3.62. The van der Waals surface area contributed by atoms with Gasteiger partial charge in [0.15, 0.2) is 11.5 Å². The van der Waals surface area contributed by atoms with Crippen molar-refractivity contribution in [2.24, 2.45) is 0 Å². The van der Waals surface area contributed by atoms with E-state index >= 15 is 0 Å². The first-order valence-corrected chi connectivity index (χ1v) is 5.35. The maximum absolute atomic E-state index is 9.07. The topological polar surface area (TPSA) is 67.6 Å². The summed E-state index contributed by atoms with van der Waals surface area (Å²) in [4.78, 5) is 0. The van der Waals surface area contributed by atoms with Crippen molar-refractivity contribution in [3.63, 3.8) is 0 Å². The smallest absolute Gasteiger partial charge is 0.194 e. The lowest BCUT2D eigenvalue weighted by molar-refractivity contribution is 0.576. The van der Waals surface area contributed by atoms with Crippen molar-refractivity contribution < 1.29 is 4.42 Å². The molecular weight excluding hydrogens is 228 g/mol. The average Bonchev–Trinajstić information content (AvgIpc) is 3.08. The molecule has 0 atom stereocenters. The Labute approximate surface area is 103 Å². The number of rotatable bonds is 2. The van der Waals surface area contributed by atoms with Gasteiger partial charge in [0.05, 0.1) is 12.0 Å². The molecule has 0 fully saturated rings. The molecule has 0 N–H and O–H groups in total. The second-order valence-corrected chi connectivity index (χ2v) is 3.62. The van der Waals surface area contributed by atoms with Gasteiger partial charge in [-0.05, 0) is 24.3 Å². The quantitative estimate of drug-likeness (QED) is 0.685. The molecule has 18 heavy (non-hydrogen) atoms. The third kappa shape index (κ3) is 1.57. The second kappa shape index (κ2) is 4.18. The summed E-state index contributed by atoms with van der Waals surface area (Å²) >= 11 is 0.